The van der Waals surface area contributed by atoms with E-state index < -0.39 is 0 Å². The zero-order valence-electron chi connectivity index (χ0n) is 12.0. The predicted octanol–water partition coefficient (Wildman–Crippen LogP) is 2.16. The number of anilines is 3. The predicted molar refractivity (Wildman–Crippen MR) is 82.6 cm³/mol. The second-order valence-electron chi connectivity index (χ2n) is 5.57. The van der Waals surface area contributed by atoms with Gasteiger partial charge in [0.25, 0.3) is 0 Å². The van der Waals surface area contributed by atoms with E-state index in [0.29, 0.717) is 6.42 Å². The van der Waals surface area contributed by atoms with Gasteiger partial charge in [0.2, 0.25) is 5.91 Å². The third-order valence-corrected chi connectivity index (χ3v) is 4.36. The first-order valence-electron chi connectivity index (χ1n) is 6.98. The third-order valence-electron chi connectivity index (χ3n) is 4.36. The van der Waals surface area contributed by atoms with Gasteiger partial charge in [-0.15, -0.1) is 0 Å². The summed E-state index contributed by atoms with van der Waals surface area (Å²) in [4.78, 5) is 19.8. The zero-order valence-corrected chi connectivity index (χ0v) is 12.0. The molecule has 0 aliphatic carbocycles. The maximum Gasteiger partial charge on any atom is 0.231 e. The number of nitrogens with one attached hydrogen (secondary N) is 1. The van der Waals surface area contributed by atoms with E-state index in [4.69, 9.17) is 0 Å². The Bertz CT molecular complexity index is 729. The highest BCUT2D eigenvalue weighted by Crippen LogP contribution is 2.44. The molecule has 2 aliphatic rings. The third kappa shape index (κ3) is 1.70. The van der Waals surface area contributed by atoms with Gasteiger partial charge in [0.05, 0.1) is 17.8 Å². The first-order valence-corrected chi connectivity index (χ1v) is 6.98. The van der Waals surface area contributed by atoms with Crippen LogP contribution in [-0.2, 0) is 11.2 Å². The summed E-state index contributed by atoms with van der Waals surface area (Å²) in [6, 6.07) is 8.24. The molecule has 2 aliphatic heterocycles. The van der Waals surface area contributed by atoms with Crippen LogP contribution in [0.3, 0.4) is 0 Å². The molecule has 0 fully saturated rings. The highest BCUT2D eigenvalue weighted by molar-refractivity contribution is 6.03. The Kier molecular flexibility index (Phi) is 2.45. The number of nitrogens with zero attached hydrogens (tertiary/aromatic N) is 3. The van der Waals surface area contributed by atoms with Crippen LogP contribution in [0.2, 0.25) is 0 Å². The molecule has 106 valence electrons. The minimum atomic E-state index is 0.103. The Balaban J connectivity index is 1.75. The van der Waals surface area contributed by atoms with Gasteiger partial charge in [-0.2, -0.15) is 0 Å². The van der Waals surface area contributed by atoms with Crippen LogP contribution < -0.4 is 15.1 Å². The van der Waals surface area contributed by atoms with Crippen LogP contribution in [0.15, 0.2) is 36.7 Å². The van der Waals surface area contributed by atoms with Crippen molar-refractivity contribution < 1.29 is 4.79 Å². The van der Waals surface area contributed by atoms with Crippen LogP contribution in [0.4, 0.5) is 17.1 Å². The number of aromatic nitrogens is 1. The van der Waals surface area contributed by atoms with Crippen molar-refractivity contribution in [1.29, 1.82) is 0 Å². The number of amides is 1. The van der Waals surface area contributed by atoms with E-state index >= 15 is 0 Å². The van der Waals surface area contributed by atoms with Crippen molar-refractivity contribution in [3.05, 3.63) is 47.8 Å². The minimum Gasteiger partial charge on any atom is -0.360 e. The number of hydrogen-bond acceptors (Lipinski definition) is 4. The number of carbonyl (C=O) groups excluding carboxylic acids is 1. The molecule has 0 spiro atoms. The van der Waals surface area contributed by atoms with Crippen molar-refractivity contribution in [3.63, 3.8) is 0 Å². The molecule has 1 aromatic carbocycles. The van der Waals surface area contributed by atoms with Crippen molar-refractivity contribution in [3.8, 4) is 0 Å². The lowest BCUT2D eigenvalue weighted by atomic mass is 10.1. The fourth-order valence-corrected chi connectivity index (χ4v) is 3.14. The van der Waals surface area contributed by atoms with Crippen LogP contribution in [0.5, 0.6) is 0 Å². The number of carbonyl (C=O) groups is 1. The second-order valence-corrected chi connectivity index (χ2v) is 5.57. The van der Waals surface area contributed by atoms with Crippen LogP contribution in [0.1, 0.15) is 17.3 Å². The molecule has 0 saturated carbocycles. The average Bonchev–Trinajstić information content (AvgIpc) is 2.96. The quantitative estimate of drug-likeness (QED) is 0.869. The van der Waals surface area contributed by atoms with Gasteiger partial charge < -0.3 is 15.1 Å². The van der Waals surface area contributed by atoms with Gasteiger partial charge in [0, 0.05) is 32.2 Å². The summed E-state index contributed by atoms with van der Waals surface area (Å²) in [7, 11) is 3.90. The molecule has 5 nitrogen and oxygen atoms in total. The molecule has 5 heteroatoms. The highest BCUT2D eigenvalue weighted by Gasteiger charge is 2.32. The molecular weight excluding hydrogens is 264 g/mol. The lowest BCUT2D eigenvalue weighted by Crippen LogP contribution is -2.24. The summed E-state index contributed by atoms with van der Waals surface area (Å²) < 4.78 is 0. The summed E-state index contributed by atoms with van der Waals surface area (Å²) >= 11 is 0. The van der Waals surface area contributed by atoms with Gasteiger partial charge in [0.15, 0.2) is 0 Å². The summed E-state index contributed by atoms with van der Waals surface area (Å²) in [5, 5.41) is 3.53. The molecular formula is C16H16N4O. The Labute approximate surface area is 123 Å². The molecule has 1 unspecified atom stereocenters. The van der Waals surface area contributed by atoms with Gasteiger partial charge >= 0.3 is 0 Å². The largest absolute Gasteiger partial charge is 0.360 e. The molecule has 0 saturated heterocycles. The summed E-state index contributed by atoms with van der Waals surface area (Å²) in [6.07, 6.45) is 4.21. The van der Waals surface area contributed by atoms with Gasteiger partial charge in [-0.05, 0) is 35.4 Å². The summed E-state index contributed by atoms with van der Waals surface area (Å²) in [5.41, 5.74) is 5.49. The first-order chi connectivity index (χ1) is 10.1. The van der Waals surface area contributed by atoms with Crippen LogP contribution in [0, 0.1) is 0 Å². The zero-order chi connectivity index (χ0) is 14.6. The smallest absolute Gasteiger partial charge is 0.231 e. The topological polar surface area (TPSA) is 48.5 Å². The fourth-order valence-electron chi connectivity index (χ4n) is 3.14. The molecule has 0 bridgehead atoms. The van der Waals surface area contributed by atoms with E-state index in [-0.39, 0.29) is 12.1 Å². The highest BCUT2D eigenvalue weighted by atomic mass is 16.2. The average molecular weight is 280 g/mol. The molecule has 4 rings (SSSR count). The van der Waals surface area contributed by atoms with E-state index in [0.717, 1.165) is 22.6 Å². The SMILES string of the molecule is CN1C(=O)Cc2cc3c(cc21)N(C)C(c1ccncc1)N3. The molecule has 1 N–H and O–H groups in total. The van der Waals surface area contributed by atoms with E-state index in [9.17, 15) is 4.79 Å². The van der Waals surface area contributed by atoms with Crippen LogP contribution in [-0.4, -0.2) is 25.0 Å². The number of fused-ring (bicyclic) bond motifs is 2. The lowest BCUT2D eigenvalue weighted by Gasteiger charge is -2.22. The normalized spacial score (nSPS) is 19.5. The monoisotopic (exact) mass is 280 g/mol. The number of benzene rings is 1. The first kappa shape index (κ1) is 12.2. The Morgan fingerprint density at radius 2 is 1.95 bits per heavy atom. The molecule has 0 radical (unpaired) electrons. The fraction of sp³-hybridized carbons (Fsp3) is 0.250. The van der Waals surface area contributed by atoms with E-state index in [1.807, 2.05) is 19.2 Å². The number of rotatable bonds is 1. The van der Waals surface area contributed by atoms with Gasteiger partial charge in [-0.3, -0.25) is 9.78 Å². The number of pyridine rings is 1. The summed E-state index contributed by atoms with van der Waals surface area (Å²) in [6.45, 7) is 0. The standard InChI is InChI=1S/C16H16N4O/c1-19-13-9-14-12(7-11(13)8-15(19)21)18-16(20(14)2)10-3-5-17-6-4-10/h3-7,9,16,18H,8H2,1-2H3. The maximum absolute atomic E-state index is 11.8. The minimum absolute atomic E-state index is 0.103. The second kappa shape index (κ2) is 4.22. The van der Waals surface area contributed by atoms with E-state index in [1.54, 1.807) is 17.3 Å². The van der Waals surface area contributed by atoms with E-state index in [2.05, 4.69) is 34.4 Å². The van der Waals surface area contributed by atoms with E-state index in [1.165, 1.54) is 5.56 Å². The van der Waals surface area contributed by atoms with Crippen molar-refractivity contribution in [1.82, 2.24) is 4.98 Å². The molecule has 1 amide bonds. The Hall–Kier alpha value is -2.56. The Morgan fingerprint density at radius 3 is 2.71 bits per heavy atom. The summed E-state index contributed by atoms with van der Waals surface area (Å²) in [5.74, 6) is 0.155. The molecule has 1 aromatic heterocycles. The molecule has 21 heavy (non-hydrogen) atoms. The lowest BCUT2D eigenvalue weighted by molar-refractivity contribution is -0.117. The van der Waals surface area contributed by atoms with Gasteiger partial charge in [-0.1, -0.05) is 0 Å². The Morgan fingerprint density at radius 1 is 1.19 bits per heavy atom. The van der Waals surface area contributed by atoms with Gasteiger partial charge in [-0.25, -0.2) is 0 Å². The van der Waals surface area contributed by atoms with Crippen molar-refractivity contribution >= 4 is 23.0 Å². The van der Waals surface area contributed by atoms with Crippen LogP contribution >= 0.6 is 0 Å². The maximum atomic E-state index is 11.8. The van der Waals surface area contributed by atoms with Crippen LogP contribution in [0.25, 0.3) is 0 Å². The molecule has 2 aromatic rings. The van der Waals surface area contributed by atoms with Crippen molar-refractivity contribution in [2.24, 2.45) is 0 Å². The van der Waals surface area contributed by atoms with Crippen molar-refractivity contribution in [2.45, 2.75) is 12.6 Å². The van der Waals surface area contributed by atoms with Crippen molar-refractivity contribution in [2.75, 3.05) is 29.2 Å². The molecule has 3 heterocycles. The van der Waals surface area contributed by atoms with Gasteiger partial charge in [0.1, 0.15) is 6.17 Å². The number of hydrogen-bond donors (Lipinski definition) is 1. The molecule has 1 atom stereocenters. The number of likely N-dealkylation sites (N-methyl/N-ethyl adjacent to an activating group) is 1.